The fraction of sp³-hybridized carbons (Fsp3) is 0.276. The number of nitriles is 2. The Morgan fingerprint density at radius 1 is 1.00 bits per heavy atom. The molecule has 2 aromatic carbocycles. The highest BCUT2D eigenvalue weighted by Gasteiger charge is 2.27. The molecule has 0 saturated heterocycles. The summed E-state index contributed by atoms with van der Waals surface area (Å²) in [7, 11) is 4.37. The van der Waals surface area contributed by atoms with Crippen molar-refractivity contribution in [2.75, 3.05) is 39.0 Å². The zero-order valence-corrected chi connectivity index (χ0v) is 24.0. The molecule has 1 unspecified atom stereocenters. The third-order valence-corrected chi connectivity index (χ3v) is 7.30. The van der Waals surface area contributed by atoms with Crippen molar-refractivity contribution in [3.8, 4) is 40.5 Å². The minimum Gasteiger partial charge on any atom is -0.493 e. The van der Waals surface area contributed by atoms with Gasteiger partial charge in [-0.05, 0) is 55.3 Å². The summed E-state index contributed by atoms with van der Waals surface area (Å²) in [5, 5.41) is 22.5. The van der Waals surface area contributed by atoms with Gasteiger partial charge in [-0.3, -0.25) is 4.79 Å². The van der Waals surface area contributed by atoms with Crippen LogP contribution >= 0.6 is 11.8 Å². The van der Waals surface area contributed by atoms with Crippen LogP contribution in [0.5, 0.6) is 17.2 Å². The van der Waals surface area contributed by atoms with E-state index in [0.29, 0.717) is 40.5 Å². The van der Waals surface area contributed by atoms with Gasteiger partial charge in [0, 0.05) is 11.3 Å². The number of carbonyl (C=O) groups excluding carboxylic acids is 2. The van der Waals surface area contributed by atoms with E-state index in [1.54, 1.807) is 43.3 Å². The van der Waals surface area contributed by atoms with Crippen molar-refractivity contribution in [3.63, 3.8) is 0 Å². The van der Waals surface area contributed by atoms with E-state index in [4.69, 9.17) is 24.7 Å². The molecule has 0 aliphatic heterocycles. The average molecular weight is 576 g/mol. The van der Waals surface area contributed by atoms with Crippen LogP contribution in [0.1, 0.15) is 41.8 Å². The summed E-state index contributed by atoms with van der Waals surface area (Å²) < 4.78 is 21.3. The molecule has 3 aromatic rings. The van der Waals surface area contributed by atoms with Gasteiger partial charge in [0.25, 0.3) is 0 Å². The first-order valence-corrected chi connectivity index (χ1v) is 13.3. The highest BCUT2D eigenvalue weighted by Crippen LogP contribution is 2.44. The summed E-state index contributed by atoms with van der Waals surface area (Å²) in [6, 6.07) is 13.7. The number of methoxy groups -OCH3 is 3. The molecule has 0 bridgehead atoms. The maximum atomic E-state index is 13.2. The predicted molar refractivity (Wildman–Crippen MR) is 154 cm³/mol. The number of esters is 1. The first-order valence-electron chi connectivity index (χ1n) is 12.4. The average Bonchev–Trinajstić information content (AvgIpc) is 2.98. The van der Waals surface area contributed by atoms with E-state index < -0.39 is 11.2 Å². The lowest BCUT2D eigenvalue weighted by Crippen LogP contribution is -2.25. The largest absolute Gasteiger partial charge is 0.493 e. The number of thioether (sulfide) groups is 1. The van der Waals surface area contributed by atoms with Crippen LogP contribution in [-0.2, 0) is 9.53 Å². The van der Waals surface area contributed by atoms with E-state index in [9.17, 15) is 20.1 Å². The molecule has 41 heavy (non-hydrogen) atoms. The molecule has 0 spiro atoms. The highest BCUT2D eigenvalue weighted by atomic mass is 32.2. The minimum absolute atomic E-state index is 0.000590. The van der Waals surface area contributed by atoms with E-state index in [1.807, 2.05) is 13.0 Å². The van der Waals surface area contributed by atoms with E-state index in [2.05, 4.69) is 16.4 Å². The van der Waals surface area contributed by atoms with Crippen molar-refractivity contribution < 1.29 is 28.5 Å². The van der Waals surface area contributed by atoms with Gasteiger partial charge in [0.2, 0.25) is 11.7 Å². The smallest absolute Gasteiger partial charge is 0.338 e. The zero-order chi connectivity index (χ0) is 30.1. The Morgan fingerprint density at radius 3 is 2.10 bits per heavy atom. The van der Waals surface area contributed by atoms with Crippen LogP contribution in [0.4, 0.5) is 11.5 Å². The van der Waals surface area contributed by atoms with Gasteiger partial charge < -0.3 is 30.0 Å². The second-order valence-corrected chi connectivity index (χ2v) is 9.56. The molecule has 212 valence electrons. The molecule has 0 radical (unpaired) electrons. The fourth-order valence-electron chi connectivity index (χ4n) is 3.98. The van der Waals surface area contributed by atoms with Crippen LogP contribution in [0.2, 0.25) is 0 Å². The first kappa shape index (κ1) is 30.6. The monoisotopic (exact) mass is 575 g/mol. The van der Waals surface area contributed by atoms with Crippen LogP contribution in [0, 0.1) is 22.7 Å². The Balaban J connectivity index is 2.02. The molecule has 11 nitrogen and oxygen atoms in total. The van der Waals surface area contributed by atoms with Gasteiger partial charge in [0.1, 0.15) is 28.5 Å². The van der Waals surface area contributed by atoms with Crippen LogP contribution in [0.3, 0.4) is 0 Å². The number of nitrogens with two attached hydrogens (primary N) is 1. The number of nitrogens with one attached hydrogen (secondary N) is 1. The number of nitrogens with zero attached hydrogens (tertiary/aromatic N) is 3. The Morgan fingerprint density at radius 2 is 1.61 bits per heavy atom. The quantitative estimate of drug-likeness (QED) is 0.238. The third-order valence-electron chi connectivity index (χ3n) is 5.95. The molecule has 0 fully saturated rings. The van der Waals surface area contributed by atoms with Crippen molar-refractivity contribution in [2.45, 2.75) is 30.5 Å². The molecule has 0 aliphatic rings. The summed E-state index contributed by atoms with van der Waals surface area (Å²) in [6.45, 7) is 3.80. The molecular weight excluding hydrogens is 546 g/mol. The number of amides is 1. The second kappa shape index (κ2) is 13.9. The molecule has 1 heterocycles. The number of rotatable bonds is 11. The highest BCUT2D eigenvalue weighted by molar-refractivity contribution is 8.00. The van der Waals surface area contributed by atoms with Gasteiger partial charge in [-0.2, -0.15) is 10.5 Å². The number of anilines is 2. The van der Waals surface area contributed by atoms with Crippen LogP contribution in [-0.4, -0.2) is 50.0 Å². The first-order chi connectivity index (χ1) is 19.8. The summed E-state index contributed by atoms with van der Waals surface area (Å²) in [5.74, 6) is 0.0825. The summed E-state index contributed by atoms with van der Waals surface area (Å²) >= 11 is 1.06. The number of benzene rings is 2. The Labute approximate surface area is 242 Å². The SMILES string of the molecule is CCOC(=O)c1ccc(NC(=O)C(CC)Sc2nc(N)c(C#N)c(-c3cc(OC)c(OC)c(OC)c3)c2C#N)cc1. The van der Waals surface area contributed by atoms with Gasteiger partial charge in [-0.25, -0.2) is 9.78 Å². The maximum Gasteiger partial charge on any atom is 0.338 e. The molecule has 12 heteroatoms. The van der Waals surface area contributed by atoms with E-state index >= 15 is 0 Å². The zero-order valence-electron chi connectivity index (χ0n) is 23.2. The van der Waals surface area contributed by atoms with Gasteiger partial charge in [-0.15, -0.1) is 0 Å². The number of hydrogen-bond donors (Lipinski definition) is 2. The number of carbonyl (C=O) groups is 2. The number of ether oxygens (including phenoxy) is 4. The summed E-state index contributed by atoms with van der Waals surface area (Å²) in [6.07, 6.45) is 0.392. The number of nitrogen functional groups attached to an aromatic ring is 1. The second-order valence-electron chi connectivity index (χ2n) is 8.37. The molecule has 0 aliphatic carbocycles. The number of hydrogen-bond acceptors (Lipinski definition) is 11. The number of pyridine rings is 1. The van der Waals surface area contributed by atoms with Gasteiger partial charge in [0.05, 0.1) is 44.3 Å². The normalized spacial score (nSPS) is 11.0. The Hall–Kier alpha value is -4.94. The lowest BCUT2D eigenvalue weighted by molar-refractivity contribution is -0.115. The van der Waals surface area contributed by atoms with Crippen molar-refractivity contribution in [2.24, 2.45) is 0 Å². The lowest BCUT2D eigenvalue weighted by atomic mass is 9.96. The standard InChI is InChI=1S/C29H29N5O6S/c1-6-23(27(35)33-18-10-8-16(9-11-18)29(36)40-7-2)41-28-20(15-31)24(19(14-30)26(32)34-28)17-12-21(37-3)25(39-5)22(13-17)38-4/h8-13,23H,6-7H2,1-5H3,(H2,32,34)(H,33,35). The van der Waals surface area contributed by atoms with Crippen molar-refractivity contribution in [1.29, 1.82) is 10.5 Å². The van der Waals surface area contributed by atoms with Crippen LogP contribution in [0.15, 0.2) is 41.4 Å². The van der Waals surface area contributed by atoms with E-state index in [0.717, 1.165) is 11.8 Å². The molecule has 3 rings (SSSR count). The van der Waals surface area contributed by atoms with E-state index in [-0.39, 0.29) is 40.0 Å². The van der Waals surface area contributed by atoms with Crippen molar-refractivity contribution in [1.82, 2.24) is 4.98 Å². The molecule has 1 aromatic heterocycles. The van der Waals surface area contributed by atoms with E-state index in [1.165, 1.54) is 21.3 Å². The van der Waals surface area contributed by atoms with Crippen molar-refractivity contribution >= 4 is 35.1 Å². The molecule has 3 N–H and O–H groups in total. The Bertz CT molecular complexity index is 1500. The summed E-state index contributed by atoms with van der Waals surface area (Å²) in [5.41, 5.74) is 7.75. The van der Waals surface area contributed by atoms with Crippen LogP contribution < -0.4 is 25.3 Å². The molecule has 1 amide bonds. The number of aromatic nitrogens is 1. The van der Waals surface area contributed by atoms with Crippen molar-refractivity contribution in [3.05, 3.63) is 53.1 Å². The fourth-order valence-corrected chi connectivity index (χ4v) is 5.00. The van der Waals surface area contributed by atoms with Gasteiger partial charge >= 0.3 is 5.97 Å². The van der Waals surface area contributed by atoms with Gasteiger partial charge in [-0.1, -0.05) is 18.7 Å². The predicted octanol–water partition coefficient (Wildman–Crippen LogP) is 4.79. The Kier molecular flexibility index (Phi) is 10.4. The maximum absolute atomic E-state index is 13.2. The van der Waals surface area contributed by atoms with Gasteiger partial charge in [0.15, 0.2) is 11.5 Å². The molecule has 1 atom stereocenters. The lowest BCUT2D eigenvalue weighted by Gasteiger charge is -2.19. The molecular formula is C29H29N5O6S. The molecule has 0 saturated carbocycles. The third kappa shape index (κ3) is 6.62. The topological polar surface area (TPSA) is 170 Å². The summed E-state index contributed by atoms with van der Waals surface area (Å²) in [4.78, 5) is 29.4. The minimum atomic E-state index is -0.667. The van der Waals surface area contributed by atoms with Crippen LogP contribution in [0.25, 0.3) is 11.1 Å².